The average molecular weight is 128 g/mol. The molecule has 0 rings (SSSR count). The Hall–Kier alpha value is -0.300. The molecule has 0 amide bonds. The van der Waals surface area contributed by atoms with Gasteiger partial charge >= 0.3 is 0 Å². The van der Waals surface area contributed by atoms with Crippen LogP contribution in [-0.4, -0.2) is 12.7 Å². The van der Waals surface area contributed by atoms with Crippen LogP contribution in [-0.2, 0) is 4.74 Å². The van der Waals surface area contributed by atoms with E-state index in [4.69, 9.17) is 4.74 Å². The van der Waals surface area contributed by atoms with Gasteiger partial charge in [-0.05, 0) is 12.8 Å². The van der Waals surface area contributed by atoms with Gasteiger partial charge in [0.2, 0.25) is 0 Å². The first-order chi connectivity index (χ1) is 4.35. The predicted molar refractivity (Wildman–Crippen MR) is 40.5 cm³/mol. The van der Waals surface area contributed by atoms with Crippen LogP contribution in [0.3, 0.4) is 0 Å². The Labute approximate surface area is 57.7 Å². The van der Waals surface area contributed by atoms with E-state index in [0.29, 0.717) is 12.7 Å². The van der Waals surface area contributed by atoms with Crippen molar-refractivity contribution in [3.63, 3.8) is 0 Å². The van der Waals surface area contributed by atoms with E-state index in [1.165, 1.54) is 0 Å². The van der Waals surface area contributed by atoms with Crippen LogP contribution < -0.4 is 0 Å². The smallest absolute Gasteiger partial charge is 0.0648 e. The molecule has 0 heterocycles. The Morgan fingerprint density at radius 3 is 2.33 bits per heavy atom. The van der Waals surface area contributed by atoms with E-state index in [-0.39, 0.29) is 0 Å². The van der Waals surface area contributed by atoms with Gasteiger partial charge in [-0.3, -0.25) is 0 Å². The van der Waals surface area contributed by atoms with Crippen molar-refractivity contribution >= 4 is 0 Å². The Morgan fingerprint density at radius 1 is 1.44 bits per heavy atom. The van der Waals surface area contributed by atoms with Gasteiger partial charge in [0, 0.05) is 0 Å². The Bertz CT molecular complexity index is 65.0. The molecule has 9 heavy (non-hydrogen) atoms. The van der Waals surface area contributed by atoms with E-state index in [1.807, 2.05) is 0 Å². The lowest BCUT2D eigenvalue weighted by molar-refractivity contribution is 0.0689. The fourth-order valence-electron chi connectivity index (χ4n) is 0.729. The molecule has 0 aromatic carbocycles. The first kappa shape index (κ1) is 8.70. The second kappa shape index (κ2) is 5.83. The minimum Gasteiger partial charge on any atom is -0.374 e. The third-order valence-electron chi connectivity index (χ3n) is 1.36. The molecule has 1 heteroatoms. The van der Waals surface area contributed by atoms with Crippen LogP contribution in [0.4, 0.5) is 0 Å². The van der Waals surface area contributed by atoms with Crippen LogP contribution in [0.2, 0.25) is 0 Å². The first-order valence-corrected chi connectivity index (χ1v) is 3.57. The van der Waals surface area contributed by atoms with Crippen LogP contribution in [0.15, 0.2) is 12.7 Å². The second-order valence-electron chi connectivity index (χ2n) is 2.06. The summed E-state index contributed by atoms with van der Waals surface area (Å²) in [6.45, 7) is 8.54. The van der Waals surface area contributed by atoms with Crippen LogP contribution in [0, 0.1) is 0 Å². The molecule has 0 saturated carbocycles. The molecule has 0 aliphatic carbocycles. The highest BCUT2D eigenvalue weighted by Gasteiger charge is 1.99. The molecule has 0 aliphatic rings. The van der Waals surface area contributed by atoms with Gasteiger partial charge in [0.1, 0.15) is 0 Å². The van der Waals surface area contributed by atoms with E-state index in [2.05, 4.69) is 20.4 Å². The zero-order chi connectivity index (χ0) is 7.11. The van der Waals surface area contributed by atoms with E-state index in [0.717, 1.165) is 12.8 Å². The van der Waals surface area contributed by atoms with Gasteiger partial charge in [-0.1, -0.05) is 19.9 Å². The fraction of sp³-hybridized carbons (Fsp3) is 0.750. The maximum atomic E-state index is 5.37. The molecule has 0 N–H and O–H groups in total. The van der Waals surface area contributed by atoms with Crippen LogP contribution in [0.25, 0.3) is 0 Å². The summed E-state index contributed by atoms with van der Waals surface area (Å²) < 4.78 is 5.37. The zero-order valence-electron chi connectivity index (χ0n) is 6.39. The van der Waals surface area contributed by atoms with E-state index >= 15 is 0 Å². The quantitative estimate of drug-likeness (QED) is 0.516. The third-order valence-corrected chi connectivity index (χ3v) is 1.36. The normalized spacial score (nSPS) is 10.1. The number of rotatable bonds is 5. The molecular formula is C8H16O. The summed E-state index contributed by atoms with van der Waals surface area (Å²) in [5.41, 5.74) is 0. The number of hydrogen-bond acceptors (Lipinski definition) is 1. The van der Waals surface area contributed by atoms with E-state index in [9.17, 15) is 0 Å². The van der Waals surface area contributed by atoms with Gasteiger partial charge in [-0.2, -0.15) is 0 Å². The zero-order valence-corrected chi connectivity index (χ0v) is 6.39. The van der Waals surface area contributed by atoms with E-state index in [1.54, 1.807) is 6.08 Å². The minimum atomic E-state index is 0.433. The van der Waals surface area contributed by atoms with Gasteiger partial charge in [-0.15, -0.1) is 6.58 Å². The van der Waals surface area contributed by atoms with Crippen LogP contribution >= 0.6 is 0 Å². The molecule has 0 radical (unpaired) electrons. The van der Waals surface area contributed by atoms with Crippen molar-refractivity contribution in [1.29, 1.82) is 0 Å². The lowest BCUT2D eigenvalue weighted by atomic mass is 10.2. The molecule has 0 atom stereocenters. The fourth-order valence-corrected chi connectivity index (χ4v) is 0.729. The van der Waals surface area contributed by atoms with Crippen LogP contribution in [0.5, 0.6) is 0 Å². The molecule has 0 unspecified atom stereocenters. The van der Waals surface area contributed by atoms with Crippen molar-refractivity contribution in [3.05, 3.63) is 12.7 Å². The second-order valence-corrected chi connectivity index (χ2v) is 2.06. The Kier molecular flexibility index (Phi) is 5.64. The summed E-state index contributed by atoms with van der Waals surface area (Å²) in [7, 11) is 0. The molecule has 0 spiro atoms. The number of hydrogen-bond donors (Lipinski definition) is 0. The highest BCUT2D eigenvalue weighted by atomic mass is 16.5. The monoisotopic (exact) mass is 128 g/mol. The van der Waals surface area contributed by atoms with Gasteiger partial charge in [0.05, 0.1) is 12.7 Å². The van der Waals surface area contributed by atoms with Gasteiger partial charge in [0.15, 0.2) is 0 Å². The summed E-state index contributed by atoms with van der Waals surface area (Å²) in [6, 6.07) is 0. The molecule has 1 nitrogen and oxygen atoms in total. The summed E-state index contributed by atoms with van der Waals surface area (Å²) >= 11 is 0. The molecule has 0 aromatic rings. The highest BCUT2D eigenvalue weighted by molar-refractivity contribution is 4.65. The topological polar surface area (TPSA) is 9.23 Å². The first-order valence-electron chi connectivity index (χ1n) is 3.57. The highest BCUT2D eigenvalue weighted by Crippen LogP contribution is 2.01. The largest absolute Gasteiger partial charge is 0.374 e. The maximum absolute atomic E-state index is 5.37. The minimum absolute atomic E-state index is 0.433. The molecule has 0 fully saturated rings. The summed E-state index contributed by atoms with van der Waals surface area (Å²) in [6.07, 6.45) is 4.43. The van der Waals surface area contributed by atoms with Gasteiger partial charge in [0.25, 0.3) is 0 Å². The lowest BCUT2D eigenvalue weighted by Crippen LogP contribution is -2.09. The molecule has 0 saturated heterocycles. The standard InChI is InChI=1S/C8H16O/c1-4-7-9-8(5-2)6-3/h4,8H,1,5-7H2,2-3H3. The van der Waals surface area contributed by atoms with Crippen molar-refractivity contribution in [2.75, 3.05) is 6.61 Å². The molecular weight excluding hydrogens is 112 g/mol. The summed E-state index contributed by atoms with van der Waals surface area (Å²) in [5, 5.41) is 0. The molecule has 0 aliphatic heterocycles. The predicted octanol–water partition coefficient (Wildman–Crippen LogP) is 2.38. The average Bonchev–Trinajstić information content (AvgIpc) is 1.91. The number of ether oxygens (including phenoxy) is 1. The molecule has 0 bridgehead atoms. The summed E-state index contributed by atoms with van der Waals surface area (Å²) in [5.74, 6) is 0. The molecule has 0 aromatic heterocycles. The van der Waals surface area contributed by atoms with Crippen molar-refractivity contribution in [2.24, 2.45) is 0 Å². The Balaban J connectivity index is 3.19. The molecule has 54 valence electrons. The summed E-state index contributed by atoms with van der Waals surface area (Å²) in [4.78, 5) is 0. The van der Waals surface area contributed by atoms with Crippen molar-refractivity contribution < 1.29 is 4.74 Å². The van der Waals surface area contributed by atoms with Gasteiger partial charge < -0.3 is 4.74 Å². The van der Waals surface area contributed by atoms with Crippen molar-refractivity contribution in [2.45, 2.75) is 32.8 Å². The van der Waals surface area contributed by atoms with Crippen molar-refractivity contribution in [1.82, 2.24) is 0 Å². The van der Waals surface area contributed by atoms with E-state index < -0.39 is 0 Å². The Morgan fingerprint density at radius 2 is 2.00 bits per heavy atom. The maximum Gasteiger partial charge on any atom is 0.0648 e. The van der Waals surface area contributed by atoms with Crippen LogP contribution in [0.1, 0.15) is 26.7 Å². The lowest BCUT2D eigenvalue weighted by Gasteiger charge is -2.10. The SMILES string of the molecule is C=CCOC(CC)CC. The third kappa shape index (κ3) is 4.22. The van der Waals surface area contributed by atoms with Crippen molar-refractivity contribution in [3.8, 4) is 0 Å². The van der Waals surface area contributed by atoms with Gasteiger partial charge in [-0.25, -0.2) is 0 Å².